The maximum Gasteiger partial charge on any atom is 0.331 e. The summed E-state index contributed by atoms with van der Waals surface area (Å²) in [4.78, 5) is 25.9. The molecule has 0 saturated heterocycles. The quantitative estimate of drug-likeness (QED) is 0.580. The highest BCUT2D eigenvalue weighted by Crippen LogP contribution is 2.32. The van der Waals surface area contributed by atoms with Gasteiger partial charge in [-0.3, -0.25) is 4.79 Å². The van der Waals surface area contributed by atoms with Crippen LogP contribution in [0.4, 0.5) is 0 Å². The van der Waals surface area contributed by atoms with Crippen LogP contribution in [0.25, 0.3) is 6.08 Å². The van der Waals surface area contributed by atoms with Gasteiger partial charge in [0.1, 0.15) is 0 Å². The van der Waals surface area contributed by atoms with Crippen molar-refractivity contribution in [1.82, 2.24) is 4.90 Å². The average Bonchev–Trinajstić information content (AvgIpc) is 3.14. The van der Waals surface area contributed by atoms with Crippen molar-refractivity contribution in [3.05, 3.63) is 65.7 Å². The van der Waals surface area contributed by atoms with E-state index >= 15 is 0 Å². The largest absolute Gasteiger partial charge is 0.454 e. The van der Waals surface area contributed by atoms with Crippen LogP contribution in [-0.2, 0) is 20.9 Å². The minimum Gasteiger partial charge on any atom is -0.454 e. The Morgan fingerprint density at radius 3 is 2.67 bits per heavy atom. The average molecular weight is 367 g/mol. The summed E-state index contributed by atoms with van der Waals surface area (Å²) in [6.07, 6.45) is 2.03. The number of hydrogen-bond acceptors (Lipinski definition) is 5. The van der Waals surface area contributed by atoms with Gasteiger partial charge in [-0.1, -0.05) is 36.4 Å². The lowest BCUT2D eigenvalue weighted by Gasteiger charge is -2.21. The fourth-order valence-electron chi connectivity index (χ4n) is 2.69. The molecular formula is C21H21NO5. The Hall–Kier alpha value is -3.28. The summed E-state index contributed by atoms with van der Waals surface area (Å²) in [6, 6.07) is 15.0. The highest BCUT2D eigenvalue weighted by molar-refractivity contribution is 5.90. The van der Waals surface area contributed by atoms with Gasteiger partial charge in [-0.25, -0.2) is 4.79 Å². The molecule has 6 nitrogen and oxygen atoms in total. The van der Waals surface area contributed by atoms with Gasteiger partial charge in [0.25, 0.3) is 5.91 Å². The van der Waals surface area contributed by atoms with Crippen molar-refractivity contribution >= 4 is 18.0 Å². The van der Waals surface area contributed by atoms with Gasteiger partial charge in [-0.05, 0) is 36.3 Å². The van der Waals surface area contributed by atoms with Crippen LogP contribution >= 0.6 is 0 Å². The molecule has 1 amide bonds. The molecule has 0 spiro atoms. The first-order valence-corrected chi connectivity index (χ1v) is 8.60. The van der Waals surface area contributed by atoms with E-state index in [0.29, 0.717) is 18.0 Å². The number of rotatable bonds is 6. The van der Waals surface area contributed by atoms with E-state index in [1.165, 1.54) is 11.0 Å². The lowest BCUT2D eigenvalue weighted by molar-refractivity contribution is -0.154. The van der Waals surface area contributed by atoms with Crippen LogP contribution in [0.15, 0.2) is 54.6 Å². The number of nitrogens with zero attached hydrogens (tertiary/aromatic N) is 1. The maximum atomic E-state index is 12.4. The zero-order chi connectivity index (χ0) is 19.2. The first kappa shape index (κ1) is 18.5. The van der Waals surface area contributed by atoms with Crippen LogP contribution in [0.2, 0.25) is 0 Å². The van der Waals surface area contributed by atoms with E-state index in [2.05, 4.69) is 0 Å². The van der Waals surface area contributed by atoms with Crippen molar-refractivity contribution in [3.8, 4) is 11.5 Å². The van der Waals surface area contributed by atoms with Gasteiger partial charge in [0.2, 0.25) is 6.79 Å². The number of hydrogen-bond donors (Lipinski definition) is 0. The van der Waals surface area contributed by atoms with Crippen LogP contribution in [0, 0.1) is 0 Å². The van der Waals surface area contributed by atoms with E-state index < -0.39 is 12.1 Å². The Labute approximate surface area is 158 Å². The molecule has 1 aliphatic heterocycles. The molecule has 1 aliphatic rings. The molecule has 1 atom stereocenters. The Balaban J connectivity index is 1.52. The van der Waals surface area contributed by atoms with Crippen LogP contribution in [0.3, 0.4) is 0 Å². The molecule has 0 aromatic heterocycles. The summed E-state index contributed by atoms with van der Waals surface area (Å²) < 4.78 is 15.7. The summed E-state index contributed by atoms with van der Waals surface area (Å²) in [5, 5.41) is 0. The van der Waals surface area contributed by atoms with E-state index in [9.17, 15) is 9.59 Å². The predicted molar refractivity (Wildman–Crippen MR) is 100 cm³/mol. The summed E-state index contributed by atoms with van der Waals surface area (Å²) in [7, 11) is 1.68. The number of carbonyl (C=O) groups excluding carboxylic acids is 2. The van der Waals surface area contributed by atoms with Gasteiger partial charge in [0, 0.05) is 19.7 Å². The van der Waals surface area contributed by atoms with Crippen LogP contribution < -0.4 is 9.47 Å². The molecule has 2 aromatic carbocycles. The molecule has 140 valence electrons. The molecular weight excluding hydrogens is 346 g/mol. The van der Waals surface area contributed by atoms with Crippen molar-refractivity contribution in [2.24, 2.45) is 0 Å². The highest BCUT2D eigenvalue weighted by Gasteiger charge is 2.20. The van der Waals surface area contributed by atoms with Crippen LogP contribution in [0.1, 0.15) is 18.1 Å². The van der Waals surface area contributed by atoms with E-state index in [1.54, 1.807) is 38.2 Å². The van der Waals surface area contributed by atoms with E-state index in [0.717, 1.165) is 11.1 Å². The lowest BCUT2D eigenvalue weighted by Crippen LogP contribution is -2.36. The van der Waals surface area contributed by atoms with Gasteiger partial charge in [0.15, 0.2) is 17.6 Å². The zero-order valence-corrected chi connectivity index (χ0v) is 15.3. The summed E-state index contributed by atoms with van der Waals surface area (Å²) in [5.41, 5.74) is 1.78. The highest BCUT2D eigenvalue weighted by atomic mass is 16.7. The van der Waals surface area contributed by atoms with Crippen molar-refractivity contribution < 1.29 is 23.8 Å². The number of carbonyl (C=O) groups is 2. The molecule has 27 heavy (non-hydrogen) atoms. The number of amides is 1. The molecule has 1 heterocycles. The second kappa shape index (κ2) is 8.40. The van der Waals surface area contributed by atoms with Gasteiger partial charge < -0.3 is 19.1 Å². The normalized spacial score (nSPS) is 13.4. The molecule has 3 rings (SSSR count). The van der Waals surface area contributed by atoms with E-state index in [-0.39, 0.29) is 12.7 Å². The Bertz CT molecular complexity index is 847. The third kappa shape index (κ3) is 4.88. The molecule has 0 bridgehead atoms. The lowest BCUT2D eigenvalue weighted by atomic mass is 10.2. The Morgan fingerprint density at radius 1 is 1.15 bits per heavy atom. The third-order valence-electron chi connectivity index (χ3n) is 4.09. The van der Waals surface area contributed by atoms with Gasteiger partial charge in [0.05, 0.1) is 0 Å². The fourth-order valence-corrected chi connectivity index (χ4v) is 2.69. The minimum atomic E-state index is -0.868. The number of ether oxygens (including phenoxy) is 3. The predicted octanol–water partition coefficient (Wildman–Crippen LogP) is 3.02. The smallest absolute Gasteiger partial charge is 0.331 e. The van der Waals surface area contributed by atoms with Gasteiger partial charge >= 0.3 is 5.97 Å². The standard InChI is InChI=1S/C21H21NO5/c1-15(21(24)22(2)13-17-6-4-3-5-7-17)27-20(23)11-9-16-8-10-18-19(12-16)26-14-25-18/h3-12,15H,13-14H2,1-2H3/b11-9+/t15-/m1/s1. The molecule has 0 saturated carbocycles. The molecule has 6 heteroatoms. The van der Waals surface area contributed by atoms with Crippen molar-refractivity contribution in [2.45, 2.75) is 19.6 Å². The van der Waals surface area contributed by atoms with Gasteiger partial charge in [-0.2, -0.15) is 0 Å². The van der Waals surface area contributed by atoms with E-state index in [4.69, 9.17) is 14.2 Å². The van der Waals surface area contributed by atoms with Crippen LogP contribution in [-0.4, -0.2) is 36.7 Å². The maximum absolute atomic E-state index is 12.4. The third-order valence-corrected chi connectivity index (χ3v) is 4.09. The molecule has 2 aromatic rings. The molecule has 0 aliphatic carbocycles. The second-order valence-electron chi connectivity index (χ2n) is 6.21. The minimum absolute atomic E-state index is 0.195. The monoisotopic (exact) mass is 367 g/mol. The Kier molecular flexibility index (Phi) is 5.76. The SMILES string of the molecule is C[C@@H](OC(=O)/C=C/c1ccc2c(c1)OCO2)C(=O)N(C)Cc1ccccc1. The van der Waals surface area contributed by atoms with Crippen LogP contribution in [0.5, 0.6) is 11.5 Å². The van der Waals surface area contributed by atoms with Crippen molar-refractivity contribution in [1.29, 1.82) is 0 Å². The number of benzene rings is 2. The van der Waals surface area contributed by atoms with Crippen molar-refractivity contribution in [2.75, 3.05) is 13.8 Å². The topological polar surface area (TPSA) is 65.1 Å². The van der Waals surface area contributed by atoms with E-state index in [1.807, 2.05) is 30.3 Å². The summed E-state index contributed by atoms with van der Waals surface area (Å²) in [5.74, 6) is 0.470. The van der Waals surface area contributed by atoms with Crippen molar-refractivity contribution in [3.63, 3.8) is 0 Å². The number of fused-ring (bicyclic) bond motifs is 1. The fraction of sp³-hybridized carbons (Fsp3) is 0.238. The molecule has 0 fully saturated rings. The number of likely N-dealkylation sites (N-methyl/N-ethyl adjacent to an activating group) is 1. The summed E-state index contributed by atoms with van der Waals surface area (Å²) >= 11 is 0. The number of esters is 1. The molecule has 0 N–H and O–H groups in total. The zero-order valence-electron chi connectivity index (χ0n) is 15.3. The first-order valence-electron chi connectivity index (χ1n) is 8.60. The second-order valence-corrected chi connectivity index (χ2v) is 6.21. The molecule has 0 radical (unpaired) electrons. The summed E-state index contributed by atoms with van der Waals surface area (Å²) in [6.45, 7) is 2.21. The van der Waals surface area contributed by atoms with Gasteiger partial charge in [-0.15, -0.1) is 0 Å². The Morgan fingerprint density at radius 2 is 1.89 bits per heavy atom. The first-order chi connectivity index (χ1) is 13.0. The molecule has 0 unspecified atom stereocenters.